The number of aryl methyl sites for hydroxylation is 2. The Bertz CT molecular complexity index is 893. The van der Waals surface area contributed by atoms with Crippen LogP contribution in [0.5, 0.6) is 0 Å². The van der Waals surface area contributed by atoms with E-state index in [0.29, 0.717) is 30.8 Å². The van der Waals surface area contributed by atoms with Gasteiger partial charge in [0.15, 0.2) is 11.9 Å². The monoisotopic (exact) mass is 399 g/mol. The average molecular weight is 399 g/mol. The number of hydrogen-bond acceptors (Lipinski definition) is 6. The number of rotatable bonds is 5. The van der Waals surface area contributed by atoms with Crippen molar-refractivity contribution < 1.29 is 18.9 Å². The van der Waals surface area contributed by atoms with Crippen molar-refractivity contribution in [2.45, 2.75) is 26.4 Å². The molecule has 9 heteroatoms. The Morgan fingerprint density at radius 3 is 2.38 bits per heavy atom. The first kappa shape index (κ1) is 20.5. The number of nitrogens with zero attached hydrogens (tertiary/aromatic N) is 3. The molecule has 1 saturated heterocycles. The number of benzene rings is 1. The van der Waals surface area contributed by atoms with Gasteiger partial charge in [-0.2, -0.15) is 0 Å². The van der Waals surface area contributed by atoms with Crippen molar-refractivity contribution in [2.75, 3.05) is 26.2 Å². The van der Waals surface area contributed by atoms with Crippen LogP contribution in [0.3, 0.4) is 0 Å². The molecular weight excluding hydrogens is 374 g/mol. The molecule has 1 aromatic carbocycles. The molecule has 0 radical (unpaired) electrons. The SMILES string of the molecule is Cc1ccc(C(=O)N2CCCN(C(=O)c3cc(C)on3)C2C(=O)NCCN)cc1. The standard InChI is InChI=1S/C20H25N5O4/c1-13-4-6-15(7-5-13)19(27)24-10-3-11-25(18(24)17(26)22-9-8-21)20(28)16-12-14(2)29-23-16/h4-7,12,18H,3,8-11,21H2,1-2H3,(H,22,26). The van der Waals surface area contributed by atoms with E-state index in [1.54, 1.807) is 19.1 Å². The molecule has 29 heavy (non-hydrogen) atoms. The quantitative estimate of drug-likeness (QED) is 0.763. The normalized spacial score (nSPS) is 16.6. The molecule has 0 aliphatic carbocycles. The highest BCUT2D eigenvalue weighted by Crippen LogP contribution is 2.21. The Balaban J connectivity index is 1.93. The fourth-order valence-electron chi connectivity index (χ4n) is 3.30. The molecule has 0 bridgehead atoms. The fraction of sp³-hybridized carbons (Fsp3) is 0.400. The fourth-order valence-corrected chi connectivity index (χ4v) is 3.30. The van der Waals surface area contributed by atoms with E-state index in [0.717, 1.165) is 5.56 Å². The molecule has 1 fully saturated rings. The summed E-state index contributed by atoms with van der Waals surface area (Å²) in [6.45, 7) is 4.78. The molecule has 3 N–H and O–H groups in total. The Labute approximate surface area is 168 Å². The maximum absolute atomic E-state index is 13.2. The van der Waals surface area contributed by atoms with Crippen molar-refractivity contribution in [1.82, 2.24) is 20.3 Å². The lowest BCUT2D eigenvalue weighted by Crippen LogP contribution is -2.63. The predicted octanol–water partition coefficient (Wildman–Crippen LogP) is 0.681. The molecule has 1 aliphatic heterocycles. The molecule has 2 aromatic rings. The van der Waals surface area contributed by atoms with Gasteiger partial charge < -0.3 is 25.4 Å². The molecular formula is C20H25N5O4. The van der Waals surface area contributed by atoms with Crippen LogP contribution in [0.15, 0.2) is 34.9 Å². The van der Waals surface area contributed by atoms with Crippen LogP contribution in [0.25, 0.3) is 0 Å². The van der Waals surface area contributed by atoms with E-state index in [1.807, 2.05) is 19.1 Å². The van der Waals surface area contributed by atoms with Crippen LogP contribution in [0.1, 0.15) is 38.6 Å². The van der Waals surface area contributed by atoms with Crippen molar-refractivity contribution >= 4 is 17.7 Å². The van der Waals surface area contributed by atoms with E-state index >= 15 is 0 Å². The van der Waals surface area contributed by atoms with E-state index in [2.05, 4.69) is 10.5 Å². The number of amides is 3. The maximum atomic E-state index is 13.2. The Kier molecular flexibility index (Phi) is 6.28. The van der Waals surface area contributed by atoms with Crippen LogP contribution in [0.2, 0.25) is 0 Å². The van der Waals surface area contributed by atoms with E-state index in [4.69, 9.17) is 10.3 Å². The molecule has 154 valence electrons. The van der Waals surface area contributed by atoms with Gasteiger partial charge in [0.25, 0.3) is 17.7 Å². The van der Waals surface area contributed by atoms with Gasteiger partial charge in [0.2, 0.25) is 0 Å². The van der Waals surface area contributed by atoms with Gasteiger partial charge in [-0.3, -0.25) is 14.4 Å². The minimum Gasteiger partial charge on any atom is -0.361 e. The molecule has 1 unspecified atom stereocenters. The van der Waals surface area contributed by atoms with Crippen LogP contribution in [0.4, 0.5) is 0 Å². The Morgan fingerprint density at radius 2 is 1.79 bits per heavy atom. The number of nitrogens with one attached hydrogen (secondary N) is 1. The van der Waals surface area contributed by atoms with Crippen molar-refractivity contribution in [3.05, 3.63) is 52.9 Å². The molecule has 2 heterocycles. The summed E-state index contributed by atoms with van der Waals surface area (Å²) in [5.74, 6) is -0.742. The van der Waals surface area contributed by atoms with Gasteiger partial charge in [-0.1, -0.05) is 22.9 Å². The van der Waals surface area contributed by atoms with Crippen molar-refractivity contribution in [3.8, 4) is 0 Å². The van der Waals surface area contributed by atoms with Crippen molar-refractivity contribution in [3.63, 3.8) is 0 Å². The van der Waals surface area contributed by atoms with Crippen molar-refractivity contribution in [1.29, 1.82) is 0 Å². The summed E-state index contributed by atoms with van der Waals surface area (Å²) in [7, 11) is 0. The Hall–Kier alpha value is -3.20. The van der Waals surface area contributed by atoms with Gasteiger partial charge in [0.1, 0.15) is 5.76 Å². The zero-order chi connectivity index (χ0) is 21.0. The van der Waals surface area contributed by atoms with Gasteiger partial charge in [0.05, 0.1) is 0 Å². The first-order valence-corrected chi connectivity index (χ1v) is 9.52. The maximum Gasteiger partial charge on any atom is 0.278 e. The average Bonchev–Trinajstić information content (AvgIpc) is 3.17. The van der Waals surface area contributed by atoms with E-state index in [-0.39, 0.29) is 24.7 Å². The van der Waals surface area contributed by atoms with Crippen LogP contribution in [0, 0.1) is 13.8 Å². The number of hydrogen-bond donors (Lipinski definition) is 2. The summed E-state index contributed by atoms with van der Waals surface area (Å²) in [6.07, 6.45) is -0.547. The topological polar surface area (TPSA) is 122 Å². The first-order chi connectivity index (χ1) is 13.9. The zero-order valence-corrected chi connectivity index (χ0v) is 16.6. The summed E-state index contributed by atoms with van der Waals surface area (Å²) < 4.78 is 5.00. The molecule has 1 aliphatic rings. The smallest absolute Gasteiger partial charge is 0.278 e. The number of nitrogens with two attached hydrogens (primary N) is 1. The third-order valence-corrected chi connectivity index (χ3v) is 4.73. The van der Waals surface area contributed by atoms with Gasteiger partial charge in [-0.25, -0.2) is 0 Å². The molecule has 0 saturated carbocycles. The second-order valence-electron chi connectivity index (χ2n) is 6.99. The minimum atomic E-state index is -1.09. The largest absolute Gasteiger partial charge is 0.361 e. The highest BCUT2D eigenvalue weighted by molar-refractivity contribution is 6.01. The number of aromatic nitrogens is 1. The number of carbonyl (C=O) groups is 3. The third kappa shape index (κ3) is 4.45. The summed E-state index contributed by atoms with van der Waals surface area (Å²) >= 11 is 0. The van der Waals surface area contributed by atoms with Gasteiger partial charge in [0, 0.05) is 37.8 Å². The second kappa shape index (κ2) is 8.87. The lowest BCUT2D eigenvalue weighted by atomic mass is 10.1. The summed E-state index contributed by atoms with van der Waals surface area (Å²) in [6, 6.07) is 8.62. The summed E-state index contributed by atoms with van der Waals surface area (Å²) in [5.41, 5.74) is 7.08. The highest BCUT2D eigenvalue weighted by atomic mass is 16.5. The number of carbonyl (C=O) groups excluding carboxylic acids is 3. The van der Waals surface area contributed by atoms with Gasteiger partial charge in [-0.05, 0) is 32.4 Å². The third-order valence-electron chi connectivity index (χ3n) is 4.73. The lowest BCUT2D eigenvalue weighted by Gasteiger charge is -2.42. The molecule has 9 nitrogen and oxygen atoms in total. The van der Waals surface area contributed by atoms with Gasteiger partial charge in [-0.15, -0.1) is 0 Å². The second-order valence-corrected chi connectivity index (χ2v) is 6.99. The molecule has 1 aromatic heterocycles. The van der Waals surface area contributed by atoms with E-state index < -0.39 is 18.0 Å². The Morgan fingerprint density at radius 1 is 1.14 bits per heavy atom. The highest BCUT2D eigenvalue weighted by Gasteiger charge is 2.41. The zero-order valence-electron chi connectivity index (χ0n) is 16.6. The van der Waals surface area contributed by atoms with Crippen LogP contribution < -0.4 is 11.1 Å². The molecule has 3 rings (SSSR count). The van der Waals surface area contributed by atoms with E-state index in [9.17, 15) is 14.4 Å². The van der Waals surface area contributed by atoms with E-state index in [1.165, 1.54) is 15.9 Å². The molecule has 3 amide bonds. The van der Waals surface area contributed by atoms with Crippen LogP contribution >= 0.6 is 0 Å². The van der Waals surface area contributed by atoms with Crippen LogP contribution in [-0.4, -0.2) is 65.0 Å². The van der Waals surface area contributed by atoms with Crippen molar-refractivity contribution in [2.24, 2.45) is 5.73 Å². The minimum absolute atomic E-state index is 0.101. The van der Waals surface area contributed by atoms with Crippen LogP contribution in [-0.2, 0) is 4.79 Å². The predicted molar refractivity (Wildman–Crippen MR) is 105 cm³/mol. The lowest BCUT2D eigenvalue weighted by molar-refractivity contribution is -0.132. The van der Waals surface area contributed by atoms with Gasteiger partial charge >= 0.3 is 0 Å². The molecule has 1 atom stereocenters. The molecule has 0 spiro atoms. The summed E-state index contributed by atoms with van der Waals surface area (Å²) in [5, 5.41) is 6.46. The summed E-state index contributed by atoms with van der Waals surface area (Å²) in [4.78, 5) is 41.9. The first-order valence-electron chi connectivity index (χ1n) is 9.52.